The number of hydrogen-bond donors (Lipinski definition) is 3. The van der Waals surface area contributed by atoms with Crippen molar-refractivity contribution in [3.63, 3.8) is 0 Å². The lowest BCUT2D eigenvalue weighted by molar-refractivity contribution is -0.121. The lowest BCUT2D eigenvalue weighted by Gasteiger charge is -2.07. The molecule has 0 heterocycles. The first-order valence-electron chi connectivity index (χ1n) is 3.93. The topological polar surface area (TPSA) is 93.5 Å². The molecule has 0 aromatic heterocycles. The van der Waals surface area contributed by atoms with Gasteiger partial charge in [-0.15, -0.1) is 0 Å². The van der Waals surface area contributed by atoms with Crippen LogP contribution in [0.15, 0.2) is 0 Å². The van der Waals surface area contributed by atoms with E-state index < -0.39 is 12.1 Å². The van der Waals surface area contributed by atoms with Gasteiger partial charge in [-0.25, -0.2) is 4.79 Å². The van der Waals surface area contributed by atoms with Crippen LogP contribution in [-0.2, 0) is 9.53 Å². The number of amides is 2. The van der Waals surface area contributed by atoms with E-state index in [1.807, 2.05) is 0 Å². The zero-order valence-electron chi connectivity index (χ0n) is 7.79. The molecule has 76 valence electrons. The molecule has 6 heteroatoms. The maximum Gasteiger partial charge on any atom is 0.406 e. The number of carbonyl (C=O) groups excluding carboxylic acids is 2. The third kappa shape index (κ3) is 5.92. The number of nitrogens with two attached hydrogens (primary N) is 1. The third-order valence-electron chi connectivity index (χ3n) is 1.29. The number of carbonyl (C=O) groups is 2. The van der Waals surface area contributed by atoms with Crippen LogP contribution < -0.4 is 16.4 Å². The quantitative estimate of drug-likeness (QED) is 0.484. The highest BCUT2D eigenvalue weighted by Gasteiger charge is 2.05. The van der Waals surface area contributed by atoms with Crippen molar-refractivity contribution in [2.24, 2.45) is 5.73 Å². The van der Waals surface area contributed by atoms with Crippen LogP contribution in [0, 0.1) is 0 Å². The Bertz CT molecular complexity index is 182. The van der Waals surface area contributed by atoms with Gasteiger partial charge in [-0.1, -0.05) is 0 Å². The monoisotopic (exact) mass is 189 g/mol. The maximum atomic E-state index is 10.9. The van der Waals surface area contributed by atoms with Gasteiger partial charge >= 0.3 is 6.09 Å². The largest absolute Gasteiger partial charge is 0.453 e. The van der Waals surface area contributed by atoms with Gasteiger partial charge in [0, 0.05) is 13.1 Å². The second-order valence-corrected chi connectivity index (χ2v) is 2.50. The van der Waals surface area contributed by atoms with Crippen LogP contribution in [0.3, 0.4) is 0 Å². The van der Waals surface area contributed by atoms with Gasteiger partial charge in [-0.2, -0.15) is 0 Å². The van der Waals surface area contributed by atoms with E-state index in [1.165, 1.54) is 7.11 Å². The molecule has 0 bridgehead atoms. The van der Waals surface area contributed by atoms with Gasteiger partial charge < -0.3 is 21.1 Å². The van der Waals surface area contributed by atoms with Gasteiger partial charge in [0.25, 0.3) is 0 Å². The lowest BCUT2D eigenvalue weighted by atomic mass is 10.3. The van der Waals surface area contributed by atoms with Crippen molar-refractivity contribution in [2.45, 2.75) is 13.0 Å². The van der Waals surface area contributed by atoms with Gasteiger partial charge in [0.2, 0.25) is 5.91 Å². The zero-order chi connectivity index (χ0) is 10.3. The molecule has 0 aliphatic heterocycles. The van der Waals surface area contributed by atoms with Crippen molar-refractivity contribution in [1.29, 1.82) is 0 Å². The molecule has 0 saturated carbocycles. The minimum Gasteiger partial charge on any atom is -0.453 e. The molecule has 1 atom stereocenters. The Kier molecular flexibility index (Phi) is 5.62. The van der Waals surface area contributed by atoms with Gasteiger partial charge in [-0.3, -0.25) is 4.79 Å². The van der Waals surface area contributed by atoms with E-state index in [9.17, 15) is 9.59 Å². The molecule has 4 N–H and O–H groups in total. The second kappa shape index (κ2) is 6.24. The first-order valence-corrected chi connectivity index (χ1v) is 3.93. The molecular weight excluding hydrogens is 174 g/mol. The normalized spacial score (nSPS) is 11.6. The summed E-state index contributed by atoms with van der Waals surface area (Å²) >= 11 is 0. The Labute approximate surface area is 76.8 Å². The number of alkyl carbamates (subject to hydrolysis) is 1. The van der Waals surface area contributed by atoms with E-state index in [0.717, 1.165) is 0 Å². The second-order valence-electron chi connectivity index (χ2n) is 2.50. The Morgan fingerprint density at radius 2 is 1.92 bits per heavy atom. The smallest absolute Gasteiger partial charge is 0.406 e. The Morgan fingerprint density at radius 3 is 2.38 bits per heavy atom. The molecule has 6 nitrogen and oxygen atoms in total. The summed E-state index contributed by atoms with van der Waals surface area (Å²) in [7, 11) is 1.27. The summed E-state index contributed by atoms with van der Waals surface area (Å²) in [5.41, 5.74) is 5.28. The fourth-order valence-electron chi connectivity index (χ4n) is 0.583. The van der Waals surface area contributed by atoms with Gasteiger partial charge in [0.15, 0.2) is 0 Å². The molecule has 0 unspecified atom stereocenters. The minimum absolute atomic E-state index is 0.244. The molecule has 0 saturated heterocycles. The Morgan fingerprint density at radius 1 is 1.38 bits per heavy atom. The molecule has 2 amide bonds. The van der Waals surface area contributed by atoms with Crippen molar-refractivity contribution in [2.75, 3.05) is 20.2 Å². The van der Waals surface area contributed by atoms with Crippen molar-refractivity contribution >= 4 is 12.0 Å². The molecule has 0 fully saturated rings. The van der Waals surface area contributed by atoms with E-state index in [0.29, 0.717) is 13.1 Å². The fourth-order valence-corrected chi connectivity index (χ4v) is 0.583. The van der Waals surface area contributed by atoms with Gasteiger partial charge in [0.05, 0.1) is 13.2 Å². The van der Waals surface area contributed by atoms with E-state index in [1.54, 1.807) is 6.92 Å². The van der Waals surface area contributed by atoms with Crippen molar-refractivity contribution in [3.05, 3.63) is 0 Å². The van der Waals surface area contributed by atoms with Crippen molar-refractivity contribution < 1.29 is 14.3 Å². The fraction of sp³-hybridized carbons (Fsp3) is 0.714. The lowest BCUT2D eigenvalue weighted by Crippen LogP contribution is -2.41. The summed E-state index contributed by atoms with van der Waals surface area (Å²) in [6.07, 6.45) is -0.518. The summed E-state index contributed by atoms with van der Waals surface area (Å²) in [5.74, 6) is -0.244. The number of rotatable bonds is 4. The predicted molar refractivity (Wildman–Crippen MR) is 47.1 cm³/mol. The molecule has 0 aromatic rings. The SMILES string of the molecule is COC(=O)NCCNC(=O)[C@H](C)N. The number of ether oxygens (including phenoxy) is 1. The molecule has 0 radical (unpaired) electrons. The maximum absolute atomic E-state index is 10.9. The van der Waals surface area contributed by atoms with Gasteiger partial charge in [0.1, 0.15) is 0 Å². The van der Waals surface area contributed by atoms with Crippen LogP contribution in [-0.4, -0.2) is 38.2 Å². The number of methoxy groups -OCH3 is 1. The summed E-state index contributed by atoms with van der Waals surface area (Å²) < 4.78 is 4.32. The number of nitrogens with one attached hydrogen (secondary N) is 2. The molecule has 0 aliphatic carbocycles. The summed E-state index contributed by atoms with van der Waals surface area (Å²) in [4.78, 5) is 21.4. The molecule has 13 heavy (non-hydrogen) atoms. The zero-order valence-corrected chi connectivity index (χ0v) is 7.79. The number of hydrogen-bond acceptors (Lipinski definition) is 4. The average Bonchev–Trinajstić information content (AvgIpc) is 2.11. The van der Waals surface area contributed by atoms with Crippen LogP contribution in [0.25, 0.3) is 0 Å². The van der Waals surface area contributed by atoms with E-state index in [2.05, 4.69) is 15.4 Å². The van der Waals surface area contributed by atoms with Gasteiger partial charge in [-0.05, 0) is 6.92 Å². The predicted octanol–water partition coefficient (Wildman–Crippen LogP) is -1.19. The highest BCUT2D eigenvalue weighted by Crippen LogP contribution is 1.74. The van der Waals surface area contributed by atoms with E-state index >= 15 is 0 Å². The summed E-state index contributed by atoms with van der Waals surface area (Å²) in [6.45, 7) is 2.25. The Hall–Kier alpha value is -1.30. The van der Waals surface area contributed by atoms with Crippen LogP contribution in [0.4, 0.5) is 4.79 Å². The summed E-state index contributed by atoms with van der Waals surface area (Å²) in [5, 5.41) is 4.94. The van der Waals surface area contributed by atoms with Crippen LogP contribution in [0.1, 0.15) is 6.92 Å². The molecule has 0 aromatic carbocycles. The summed E-state index contributed by atoms with van der Waals surface area (Å²) in [6, 6.07) is -0.530. The van der Waals surface area contributed by atoms with E-state index in [-0.39, 0.29) is 5.91 Å². The van der Waals surface area contributed by atoms with Crippen LogP contribution in [0.2, 0.25) is 0 Å². The highest BCUT2D eigenvalue weighted by atomic mass is 16.5. The van der Waals surface area contributed by atoms with Crippen LogP contribution in [0.5, 0.6) is 0 Å². The molecular formula is C7H15N3O3. The molecule has 0 rings (SSSR count). The minimum atomic E-state index is -0.530. The van der Waals surface area contributed by atoms with E-state index in [4.69, 9.17) is 5.73 Å². The van der Waals surface area contributed by atoms with Crippen molar-refractivity contribution in [3.8, 4) is 0 Å². The first-order chi connectivity index (χ1) is 6.07. The van der Waals surface area contributed by atoms with Crippen LogP contribution >= 0.6 is 0 Å². The first kappa shape index (κ1) is 11.7. The molecule has 0 spiro atoms. The average molecular weight is 189 g/mol. The molecule has 0 aliphatic rings. The third-order valence-corrected chi connectivity index (χ3v) is 1.29. The highest BCUT2D eigenvalue weighted by molar-refractivity contribution is 5.80. The van der Waals surface area contributed by atoms with Crippen molar-refractivity contribution in [1.82, 2.24) is 10.6 Å². The Balaban J connectivity index is 3.36. The standard InChI is InChI=1S/C7H15N3O3/c1-5(8)6(11)9-3-4-10-7(12)13-2/h5H,3-4,8H2,1-2H3,(H,9,11)(H,10,12)/t5-/m0/s1.